The Bertz CT molecular complexity index is 578. The molecule has 2 fully saturated rings. The highest BCUT2D eigenvalue weighted by Crippen LogP contribution is 2.24. The molecule has 2 heterocycles. The van der Waals surface area contributed by atoms with Gasteiger partial charge in [-0.3, -0.25) is 9.59 Å². The van der Waals surface area contributed by atoms with Crippen LogP contribution in [-0.4, -0.2) is 47.8 Å². The van der Waals surface area contributed by atoms with Crippen molar-refractivity contribution in [3.8, 4) is 0 Å². The predicted octanol–water partition coefficient (Wildman–Crippen LogP) is 3.92. The summed E-state index contributed by atoms with van der Waals surface area (Å²) in [7, 11) is 0. The zero-order chi connectivity index (χ0) is 18.8. The molecular formula is C22H32N2O2. The van der Waals surface area contributed by atoms with Crippen LogP contribution in [0.4, 0.5) is 0 Å². The summed E-state index contributed by atoms with van der Waals surface area (Å²) < 4.78 is 0. The van der Waals surface area contributed by atoms with Gasteiger partial charge in [-0.15, -0.1) is 0 Å². The first-order chi connectivity index (χ1) is 12.3. The molecule has 0 spiro atoms. The van der Waals surface area contributed by atoms with Gasteiger partial charge in [-0.25, -0.2) is 0 Å². The highest BCUT2D eigenvalue weighted by molar-refractivity contribution is 5.98. The van der Waals surface area contributed by atoms with E-state index < -0.39 is 0 Å². The van der Waals surface area contributed by atoms with Crippen molar-refractivity contribution in [3.05, 3.63) is 35.4 Å². The Kier molecular flexibility index (Phi) is 5.69. The second-order valence-corrected chi connectivity index (χ2v) is 8.89. The zero-order valence-corrected chi connectivity index (χ0v) is 16.6. The Labute approximate surface area is 157 Å². The average Bonchev–Trinajstić information content (AvgIpc) is 2.59. The minimum Gasteiger partial charge on any atom is -0.338 e. The van der Waals surface area contributed by atoms with Crippen LogP contribution in [-0.2, 0) is 0 Å². The summed E-state index contributed by atoms with van der Waals surface area (Å²) in [5.41, 5.74) is 1.37. The largest absolute Gasteiger partial charge is 0.338 e. The molecule has 0 radical (unpaired) electrons. The van der Waals surface area contributed by atoms with Crippen molar-refractivity contribution in [1.82, 2.24) is 9.80 Å². The van der Waals surface area contributed by atoms with Crippen molar-refractivity contribution in [2.24, 2.45) is 23.7 Å². The summed E-state index contributed by atoms with van der Waals surface area (Å²) in [6.07, 6.45) is 2.37. The van der Waals surface area contributed by atoms with E-state index in [0.29, 0.717) is 34.8 Å². The van der Waals surface area contributed by atoms with Crippen LogP contribution < -0.4 is 0 Å². The van der Waals surface area contributed by atoms with Crippen LogP contribution in [0, 0.1) is 23.7 Å². The first kappa shape index (κ1) is 18.9. The topological polar surface area (TPSA) is 40.6 Å². The lowest BCUT2D eigenvalue weighted by Crippen LogP contribution is -2.43. The lowest BCUT2D eigenvalue weighted by atomic mass is 9.91. The standard InChI is InChI=1S/C22H32N2O2/c1-15-9-16(2)12-23(11-15)21(25)19-5-7-20(8-6-19)22(26)24-13-17(3)10-18(4)14-24/h5-8,15-18H,9-14H2,1-4H3. The van der Waals surface area contributed by atoms with Gasteiger partial charge in [-0.1, -0.05) is 27.7 Å². The summed E-state index contributed by atoms with van der Waals surface area (Å²) in [6, 6.07) is 7.26. The van der Waals surface area contributed by atoms with E-state index >= 15 is 0 Å². The molecule has 4 nitrogen and oxygen atoms in total. The fourth-order valence-electron chi connectivity index (χ4n) is 4.78. The number of piperidine rings is 2. The number of benzene rings is 1. The van der Waals surface area contributed by atoms with Crippen molar-refractivity contribution in [1.29, 1.82) is 0 Å². The maximum absolute atomic E-state index is 12.8. The summed E-state index contributed by atoms with van der Waals surface area (Å²) in [6.45, 7) is 12.1. The first-order valence-electron chi connectivity index (χ1n) is 10.0. The minimum absolute atomic E-state index is 0.0858. The highest BCUT2D eigenvalue weighted by atomic mass is 16.2. The van der Waals surface area contributed by atoms with Gasteiger partial charge in [0.15, 0.2) is 0 Å². The fourth-order valence-corrected chi connectivity index (χ4v) is 4.78. The fraction of sp³-hybridized carbons (Fsp3) is 0.636. The van der Waals surface area contributed by atoms with E-state index in [1.807, 2.05) is 34.1 Å². The lowest BCUT2D eigenvalue weighted by Gasteiger charge is -2.35. The number of likely N-dealkylation sites (tertiary alicyclic amines) is 2. The third kappa shape index (κ3) is 4.28. The molecule has 0 N–H and O–H groups in total. The third-order valence-electron chi connectivity index (χ3n) is 5.69. The summed E-state index contributed by atoms with van der Waals surface area (Å²) in [5.74, 6) is 2.36. The number of rotatable bonds is 2. The highest BCUT2D eigenvalue weighted by Gasteiger charge is 2.28. The molecule has 2 saturated heterocycles. The average molecular weight is 357 g/mol. The molecule has 2 aliphatic rings. The summed E-state index contributed by atoms with van der Waals surface area (Å²) in [4.78, 5) is 29.5. The summed E-state index contributed by atoms with van der Waals surface area (Å²) >= 11 is 0. The van der Waals surface area contributed by atoms with Gasteiger partial charge in [0.1, 0.15) is 0 Å². The Balaban J connectivity index is 1.68. The van der Waals surface area contributed by atoms with Crippen LogP contribution in [0.15, 0.2) is 24.3 Å². The van der Waals surface area contributed by atoms with Gasteiger partial charge in [-0.2, -0.15) is 0 Å². The lowest BCUT2D eigenvalue weighted by molar-refractivity contribution is 0.0613. The molecule has 0 aliphatic carbocycles. The maximum Gasteiger partial charge on any atom is 0.253 e. The number of hydrogen-bond acceptors (Lipinski definition) is 2. The van der Waals surface area contributed by atoms with Crippen LogP contribution in [0.2, 0.25) is 0 Å². The van der Waals surface area contributed by atoms with Gasteiger partial charge in [-0.05, 0) is 60.8 Å². The molecule has 0 aromatic heterocycles. The third-order valence-corrected chi connectivity index (χ3v) is 5.69. The van der Waals surface area contributed by atoms with Crippen molar-refractivity contribution in [2.45, 2.75) is 40.5 Å². The monoisotopic (exact) mass is 356 g/mol. The molecule has 0 saturated carbocycles. The van der Waals surface area contributed by atoms with Crippen LogP contribution in [0.5, 0.6) is 0 Å². The smallest absolute Gasteiger partial charge is 0.253 e. The van der Waals surface area contributed by atoms with E-state index in [1.54, 1.807) is 0 Å². The van der Waals surface area contributed by atoms with E-state index in [2.05, 4.69) is 27.7 Å². The van der Waals surface area contributed by atoms with Crippen LogP contribution in [0.25, 0.3) is 0 Å². The number of hydrogen-bond donors (Lipinski definition) is 0. The Hall–Kier alpha value is -1.84. The van der Waals surface area contributed by atoms with Crippen LogP contribution >= 0.6 is 0 Å². The van der Waals surface area contributed by atoms with Crippen molar-refractivity contribution < 1.29 is 9.59 Å². The van der Waals surface area contributed by atoms with Gasteiger partial charge >= 0.3 is 0 Å². The first-order valence-corrected chi connectivity index (χ1v) is 10.0. The van der Waals surface area contributed by atoms with E-state index in [1.165, 1.54) is 12.8 Å². The molecule has 2 aliphatic heterocycles. The molecule has 4 atom stereocenters. The summed E-state index contributed by atoms with van der Waals surface area (Å²) in [5, 5.41) is 0. The van der Waals surface area contributed by atoms with Crippen LogP contribution in [0.1, 0.15) is 61.3 Å². The molecule has 2 amide bonds. The van der Waals surface area contributed by atoms with Crippen LogP contribution in [0.3, 0.4) is 0 Å². The van der Waals surface area contributed by atoms with E-state index in [0.717, 1.165) is 26.2 Å². The van der Waals surface area contributed by atoms with Crippen molar-refractivity contribution in [2.75, 3.05) is 26.2 Å². The SMILES string of the molecule is CC1CC(C)CN(C(=O)c2ccc(C(=O)N3CC(C)CC(C)C3)cc2)C1. The second-order valence-electron chi connectivity index (χ2n) is 8.89. The van der Waals surface area contributed by atoms with Gasteiger partial charge < -0.3 is 9.80 Å². The Morgan fingerprint density at radius 3 is 1.19 bits per heavy atom. The van der Waals surface area contributed by atoms with E-state index in [4.69, 9.17) is 0 Å². The van der Waals surface area contributed by atoms with Gasteiger partial charge in [0.2, 0.25) is 0 Å². The molecule has 1 aromatic carbocycles. The Morgan fingerprint density at radius 1 is 0.654 bits per heavy atom. The molecule has 142 valence electrons. The molecule has 3 rings (SSSR count). The van der Waals surface area contributed by atoms with Crippen molar-refractivity contribution in [3.63, 3.8) is 0 Å². The normalized spacial score (nSPS) is 29.5. The molecular weight excluding hydrogens is 324 g/mol. The molecule has 0 bridgehead atoms. The van der Waals surface area contributed by atoms with Gasteiger partial charge in [0, 0.05) is 37.3 Å². The second kappa shape index (κ2) is 7.81. The predicted molar refractivity (Wildman–Crippen MR) is 104 cm³/mol. The number of amides is 2. The number of nitrogens with zero attached hydrogens (tertiary/aromatic N) is 2. The quantitative estimate of drug-likeness (QED) is 0.806. The Morgan fingerprint density at radius 2 is 0.923 bits per heavy atom. The zero-order valence-electron chi connectivity index (χ0n) is 16.6. The van der Waals surface area contributed by atoms with Gasteiger partial charge in [0.05, 0.1) is 0 Å². The molecule has 1 aromatic rings. The minimum atomic E-state index is 0.0858. The number of carbonyl (C=O) groups is 2. The van der Waals surface area contributed by atoms with Gasteiger partial charge in [0.25, 0.3) is 11.8 Å². The molecule has 26 heavy (non-hydrogen) atoms. The van der Waals surface area contributed by atoms with Crippen molar-refractivity contribution >= 4 is 11.8 Å². The van der Waals surface area contributed by atoms with E-state index in [-0.39, 0.29) is 11.8 Å². The number of carbonyl (C=O) groups excluding carboxylic acids is 2. The molecule has 4 heteroatoms. The molecule has 4 unspecified atom stereocenters. The maximum atomic E-state index is 12.8. The van der Waals surface area contributed by atoms with E-state index in [9.17, 15) is 9.59 Å².